The van der Waals surface area contributed by atoms with Crippen molar-refractivity contribution in [2.75, 3.05) is 17.3 Å². The van der Waals surface area contributed by atoms with Gasteiger partial charge in [-0.05, 0) is 36.4 Å². The third-order valence-corrected chi connectivity index (χ3v) is 4.09. The number of imide groups is 1. The fourth-order valence-corrected chi connectivity index (χ4v) is 2.64. The molecule has 0 unspecified atom stereocenters. The molecule has 0 atom stereocenters. The number of aromatic hydroxyl groups is 1. The quantitative estimate of drug-likeness (QED) is 0.486. The van der Waals surface area contributed by atoms with Gasteiger partial charge in [-0.2, -0.15) is 0 Å². The zero-order valence-corrected chi connectivity index (χ0v) is 14.3. The van der Waals surface area contributed by atoms with Gasteiger partial charge in [0.05, 0.1) is 24.0 Å². The molecule has 2 amide bonds. The van der Waals surface area contributed by atoms with Crippen LogP contribution in [0.25, 0.3) is 0 Å². The van der Waals surface area contributed by atoms with Crippen LogP contribution in [-0.2, 0) is 14.3 Å². The minimum Gasteiger partial charge on any atom is -0.506 e. The Bertz CT molecular complexity index is 937. The van der Waals surface area contributed by atoms with Crippen LogP contribution in [0.5, 0.6) is 5.75 Å². The van der Waals surface area contributed by atoms with E-state index in [2.05, 4.69) is 10.1 Å². The van der Waals surface area contributed by atoms with Gasteiger partial charge in [0.1, 0.15) is 16.5 Å². The SMILES string of the molecule is COC(=O)c1ccc(N2C(=O)C(Cl)=C(Nc3ccccc3O)C2=O)cc1. The summed E-state index contributed by atoms with van der Waals surface area (Å²) in [6, 6.07) is 12.0. The first kappa shape index (κ1) is 17.5. The lowest BCUT2D eigenvalue weighted by atomic mass is 10.2. The highest BCUT2D eigenvalue weighted by molar-refractivity contribution is 6.53. The molecule has 26 heavy (non-hydrogen) atoms. The maximum absolute atomic E-state index is 12.6. The molecular weight excluding hydrogens is 360 g/mol. The van der Waals surface area contributed by atoms with Crippen molar-refractivity contribution >= 4 is 40.8 Å². The lowest BCUT2D eigenvalue weighted by Gasteiger charge is -2.15. The predicted octanol–water partition coefficient (Wildman–Crippen LogP) is 2.61. The molecule has 1 aliphatic rings. The van der Waals surface area contributed by atoms with Crippen LogP contribution in [0.3, 0.4) is 0 Å². The summed E-state index contributed by atoms with van der Waals surface area (Å²) in [6.07, 6.45) is 0. The van der Waals surface area contributed by atoms with Gasteiger partial charge in [-0.1, -0.05) is 23.7 Å². The smallest absolute Gasteiger partial charge is 0.337 e. The van der Waals surface area contributed by atoms with Gasteiger partial charge >= 0.3 is 5.97 Å². The fourth-order valence-electron chi connectivity index (χ4n) is 2.42. The van der Waals surface area contributed by atoms with Gasteiger partial charge in [-0.15, -0.1) is 0 Å². The Hall–Kier alpha value is -3.32. The molecule has 0 aliphatic carbocycles. The third kappa shape index (κ3) is 3.00. The second-order valence-corrected chi connectivity index (χ2v) is 5.69. The van der Waals surface area contributed by atoms with Crippen molar-refractivity contribution in [1.29, 1.82) is 0 Å². The lowest BCUT2D eigenvalue weighted by Crippen LogP contribution is -2.32. The maximum Gasteiger partial charge on any atom is 0.337 e. The number of carbonyl (C=O) groups is 3. The largest absolute Gasteiger partial charge is 0.506 e. The normalized spacial score (nSPS) is 14.0. The topological polar surface area (TPSA) is 95.9 Å². The Morgan fingerprint density at radius 2 is 1.73 bits per heavy atom. The van der Waals surface area contributed by atoms with Crippen molar-refractivity contribution in [3.8, 4) is 5.75 Å². The van der Waals surface area contributed by atoms with Crippen LogP contribution >= 0.6 is 11.6 Å². The molecule has 0 radical (unpaired) electrons. The van der Waals surface area contributed by atoms with E-state index >= 15 is 0 Å². The standard InChI is InChI=1S/C18H13ClN2O5/c1-26-18(25)10-6-8-11(9-7-10)21-16(23)14(19)15(17(21)24)20-12-4-2-3-5-13(12)22/h2-9,20,22H,1H3. The van der Waals surface area contributed by atoms with Gasteiger partial charge in [-0.3, -0.25) is 9.59 Å². The summed E-state index contributed by atoms with van der Waals surface area (Å²) in [4.78, 5) is 37.4. The van der Waals surface area contributed by atoms with Gasteiger partial charge in [-0.25, -0.2) is 9.69 Å². The molecule has 3 rings (SSSR count). The molecule has 0 bridgehead atoms. The summed E-state index contributed by atoms with van der Waals surface area (Å²) in [6.45, 7) is 0. The first-order valence-corrected chi connectivity index (χ1v) is 7.83. The number of phenols is 1. The molecule has 0 aromatic heterocycles. The third-order valence-electron chi connectivity index (χ3n) is 3.74. The van der Waals surface area contributed by atoms with Gasteiger partial charge in [0, 0.05) is 0 Å². The number of methoxy groups -OCH3 is 1. The van der Waals surface area contributed by atoms with Crippen LogP contribution in [0.1, 0.15) is 10.4 Å². The van der Waals surface area contributed by atoms with Crippen LogP contribution < -0.4 is 10.2 Å². The van der Waals surface area contributed by atoms with Crippen LogP contribution in [0.2, 0.25) is 0 Å². The summed E-state index contributed by atoms with van der Waals surface area (Å²) < 4.78 is 4.61. The molecule has 7 nitrogen and oxygen atoms in total. The number of nitrogens with zero attached hydrogens (tertiary/aromatic N) is 1. The molecule has 0 saturated carbocycles. The number of halogens is 1. The first-order valence-electron chi connectivity index (χ1n) is 7.46. The summed E-state index contributed by atoms with van der Waals surface area (Å²) >= 11 is 6.02. The van der Waals surface area contributed by atoms with E-state index in [-0.39, 0.29) is 33.4 Å². The number of nitrogens with one attached hydrogen (secondary N) is 1. The summed E-state index contributed by atoms with van der Waals surface area (Å²) in [5, 5.41) is 12.2. The number of benzene rings is 2. The molecule has 132 valence electrons. The van der Waals surface area contributed by atoms with Crippen molar-refractivity contribution in [2.24, 2.45) is 0 Å². The number of carbonyl (C=O) groups excluding carboxylic acids is 3. The maximum atomic E-state index is 12.6. The zero-order chi connectivity index (χ0) is 18.8. The second-order valence-electron chi connectivity index (χ2n) is 5.32. The van der Waals surface area contributed by atoms with Crippen LogP contribution in [0, 0.1) is 0 Å². The van der Waals surface area contributed by atoms with Crippen molar-refractivity contribution in [3.63, 3.8) is 0 Å². The number of ether oxygens (including phenoxy) is 1. The predicted molar refractivity (Wildman–Crippen MR) is 94.9 cm³/mol. The number of para-hydroxylation sites is 2. The van der Waals surface area contributed by atoms with Crippen LogP contribution in [0.4, 0.5) is 11.4 Å². The summed E-state index contributed by atoms with van der Waals surface area (Å²) in [5.41, 5.74) is 0.627. The van der Waals surface area contributed by atoms with Crippen LogP contribution in [-0.4, -0.2) is 30.0 Å². The molecule has 0 fully saturated rings. The minimum atomic E-state index is -0.708. The Balaban J connectivity index is 1.88. The number of rotatable bonds is 4. The monoisotopic (exact) mass is 372 g/mol. The number of hydrogen-bond donors (Lipinski definition) is 2. The Morgan fingerprint density at radius 1 is 1.08 bits per heavy atom. The average Bonchev–Trinajstić information content (AvgIpc) is 2.86. The van der Waals surface area contributed by atoms with Crippen LogP contribution in [0.15, 0.2) is 59.3 Å². The van der Waals surface area contributed by atoms with E-state index in [0.717, 1.165) is 4.90 Å². The summed E-state index contributed by atoms with van der Waals surface area (Å²) in [5.74, 6) is -2.01. The van der Waals surface area contributed by atoms with Crippen molar-refractivity contribution < 1.29 is 24.2 Å². The highest BCUT2D eigenvalue weighted by atomic mass is 35.5. The van der Waals surface area contributed by atoms with E-state index in [1.54, 1.807) is 12.1 Å². The molecule has 1 heterocycles. The fraction of sp³-hybridized carbons (Fsp3) is 0.0556. The van der Waals surface area contributed by atoms with E-state index in [1.165, 1.54) is 43.5 Å². The molecule has 1 aliphatic heterocycles. The van der Waals surface area contributed by atoms with Gasteiger partial charge in [0.15, 0.2) is 0 Å². The molecule has 2 aromatic rings. The number of amides is 2. The van der Waals surface area contributed by atoms with Gasteiger partial charge in [0.25, 0.3) is 11.8 Å². The summed E-state index contributed by atoms with van der Waals surface area (Å²) in [7, 11) is 1.25. The Morgan fingerprint density at radius 3 is 2.35 bits per heavy atom. The van der Waals surface area contributed by atoms with E-state index in [1.807, 2.05) is 0 Å². The molecule has 2 N–H and O–H groups in total. The van der Waals surface area contributed by atoms with Crippen molar-refractivity contribution in [3.05, 3.63) is 64.8 Å². The number of esters is 1. The number of phenolic OH excluding ortho intramolecular Hbond substituents is 1. The van der Waals surface area contributed by atoms with Gasteiger partial charge < -0.3 is 15.2 Å². The van der Waals surface area contributed by atoms with Crippen molar-refractivity contribution in [2.45, 2.75) is 0 Å². The first-order chi connectivity index (χ1) is 12.4. The highest BCUT2D eigenvalue weighted by Gasteiger charge is 2.39. The van der Waals surface area contributed by atoms with Crippen molar-refractivity contribution in [1.82, 2.24) is 0 Å². The number of anilines is 2. The lowest BCUT2D eigenvalue weighted by molar-refractivity contribution is -0.120. The molecule has 8 heteroatoms. The Kier molecular flexibility index (Phi) is 4.64. The van der Waals surface area contributed by atoms with Gasteiger partial charge in [0.2, 0.25) is 0 Å². The Labute approximate surface area is 153 Å². The molecule has 0 saturated heterocycles. The van der Waals surface area contributed by atoms with E-state index in [0.29, 0.717) is 0 Å². The molecule has 2 aromatic carbocycles. The van der Waals surface area contributed by atoms with E-state index in [4.69, 9.17) is 11.6 Å². The molecule has 0 spiro atoms. The number of hydrogen-bond acceptors (Lipinski definition) is 6. The average molecular weight is 373 g/mol. The van der Waals surface area contributed by atoms with E-state index < -0.39 is 17.8 Å². The zero-order valence-electron chi connectivity index (χ0n) is 13.5. The highest BCUT2D eigenvalue weighted by Crippen LogP contribution is 2.32. The minimum absolute atomic E-state index is 0.0920. The van der Waals surface area contributed by atoms with E-state index in [9.17, 15) is 19.5 Å². The second kappa shape index (κ2) is 6.89. The molecular formula is C18H13ClN2O5.